The summed E-state index contributed by atoms with van der Waals surface area (Å²) in [5, 5.41) is 4.58. The summed E-state index contributed by atoms with van der Waals surface area (Å²) in [6, 6.07) is 10.4. The summed E-state index contributed by atoms with van der Waals surface area (Å²) in [6.07, 6.45) is 0. The number of fused-ring (bicyclic) bond motifs is 2. The topological polar surface area (TPSA) is 77.8 Å². The van der Waals surface area contributed by atoms with Gasteiger partial charge in [0.25, 0.3) is 5.91 Å². The molecule has 0 spiro atoms. The summed E-state index contributed by atoms with van der Waals surface area (Å²) < 4.78 is 0.850. The van der Waals surface area contributed by atoms with Crippen molar-refractivity contribution in [3.05, 3.63) is 61.8 Å². The van der Waals surface area contributed by atoms with Crippen molar-refractivity contribution >= 4 is 67.3 Å². The zero-order valence-electron chi connectivity index (χ0n) is 11.9. The Morgan fingerprint density at radius 1 is 1.04 bits per heavy atom. The molecule has 0 radical (unpaired) electrons. The van der Waals surface area contributed by atoms with Crippen LogP contribution in [0, 0.1) is 0 Å². The Labute approximate surface area is 149 Å². The summed E-state index contributed by atoms with van der Waals surface area (Å²) in [5.41, 5.74) is 1.56. The first-order valence-corrected chi connectivity index (χ1v) is 8.49. The number of hydrogen-bond donors (Lipinski definition) is 3. The maximum atomic E-state index is 12.5. The summed E-state index contributed by atoms with van der Waals surface area (Å²) >= 11 is 13.6. The highest BCUT2D eigenvalue weighted by Gasteiger charge is 2.17. The van der Waals surface area contributed by atoms with Gasteiger partial charge in [-0.15, -0.1) is 11.3 Å². The minimum absolute atomic E-state index is 0.294. The molecule has 0 saturated heterocycles. The van der Waals surface area contributed by atoms with E-state index in [0.717, 1.165) is 10.1 Å². The zero-order valence-corrected chi connectivity index (χ0v) is 14.3. The first-order valence-electron chi connectivity index (χ1n) is 6.92. The number of aromatic nitrogens is 2. The van der Waals surface area contributed by atoms with E-state index < -0.39 is 0 Å². The Kier molecular flexibility index (Phi) is 3.60. The number of thiophene rings is 1. The molecule has 4 rings (SSSR count). The number of benzene rings is 2. The van der Waals surface area contributed by atoms with E-state index in [0.29, 0.717) is 31.6 Å². The van der Waals surface area contributed by atoms with Crippen molar-refractivity contribution in [1.82, 2.24) is 9.97 Å². The highest BCUT2D eigenvalue weighted by atomic mass is 35.5. The molecule has 0 atom stereocenters. The van der Waals surface area contributed by atoms with E-state index in [-0.39, 0.29) is 11.6 Å². The van der Waals surface area contributed by atoms with Crippen LogP contribution in [0.25, 0.3) is 21.1 Å². The molecule has 8 heteroatoms. The van der Waals surface area contributed by atoms with Crippen molar-refractivity contribution in [2.45, 2.75) is 0 Å². The number of anilines is 1. The van der Waals surface area contributed by atoms with Crippen LogP contribution in [-0.2, 0) is 0 Å². The van der Waals surface area contributed by atoms with Gasteiger partial charge in [-0.05, 0) is 30.3 Å². The molecule has 4 aromatic rings. The molecule has 0 bridgehead atoms. The number of carbonyl (C=O) groups is 1. The smallest absolute Gasteiger partial charge is 0.321 e. The average molecular weight is 378 g/mol. The number of rotatable bonds is 2. The van der Waals surface area contributed by atoms with Crippen molar-refractivity contribution in [3.8, 4) is 0 Å². The zero-order chi connectivity index (χ0) is 16.8. The fourth-order valence-corrected chi connectivity index (χ4v) is 4.17. The lowest BCUT2D eigenvalue weighted by Gasteiger charge is -2.04. The van der Waals surface area contributed by atoms with Crippen LogP contribution >= 0.6 is 34.5 Å². The van der Waals surface area contributed by atoms with Gasteiger partial charge in [0.15, 0.2) is 0 Å². The number of H-pyrrole nitrogens is 2. The first kappa shape index (κ1) is 15.3. The van der Waals surface area contributed by atoms with Crippen molar-refractivity contribution in [2.75, 3.05) is 5.32 Å². The predicted molar refractivity (Wildman–Crippen MR) is 98.7 cm³/mol. The van der Waals surface area contributed by atoms with E-state index in [1.165, 1.54) is 11.3 Å². The molecule has 5 nitrogen and oxygen atoms in total. The van der Waals surface area contributed by atoms with Gasteiger partial charge in [0.1, 0.15) is 4.88 Å². The Hall–Kier alpha value is -2.28. The molecule has 0 unspecified atom stereocenters. The van der Waals surface area contributed by atoms with Crippen LogP contribution < -0.4 is 11.0 Å². The number of halogens is 2. The molecule has 0 saturated carbocycles. The van der Waals surface area contributed by atoms with Crippen LogP contribution in [-0.4, -0.2) is 15.9 Å². The molecule has 0 fully saturated rings. The van der Waals surface area contributed by atoms with E-state index >= 15 is 0 Å². The molecule has 1 amide bonds. The van der Waals surface area contributed by atoms with E-state index in [1.807, 2.05) is 0 Å². The molecule has 0 aliphatic rings. The molecule has 120 valence electrons. The molecular formula is C16H9Cl2N3O2S. The number of carbonyl (C=O) groups excluding carboxylic acids is 1. The summed E-state index contributed by atoms with van der Waals surface area (Å²) in [5.74, 6) is -0.311. The third kappa shape index (κ3) is 2.58. The van der Waals surface area contributed by atoms with Crippen molar-refractivity contribution in [2.24, 2.45) is 0 Å². The second kappa shape index (κ2) is 5.66. The van der Waals surface area contributed by atoms with Gasteiger partial charge in [0.2, 0.25) is 0 Å². The molecule has 0 aliphatic carbocycles. The first-order chi connectivity index (χ1) is 11.5. The second-order valence-electron chi connectivity index (χ2n) is 5.18. The Bertz CT molecular complexity index is 1160. The van der Waals surface area contributed by atoms with Crippen LogP contribution in [0.1, 0.15) is 9.67 Å². The van der Waals surface area contributed by atoms with Crippen LogP contribution in [0.5, 0.6) is 0 Å². The molecule has 0 aliphatic heterocycles. The normalized spacial score (nSPS) is 11.2. The summed E-state index contributed by atoms with van der Waals surface area (Å²) in [4.78, 5) is 29.5. The highest BCUT2D eigenvalue weighted by Crippen LogP contribution is 2.37. The maximum absolute atomic E-state index is 12.5. The van der Waals surface area contributed by atoms with Crippen LogP contribution in [0.2, 0.25) is 10.0 Å². The predicted octanol–water partition coefficient (Wildman–Crippen LogP) is 4.63. The Morgan fingerprint density at radius 3 is 2.67 bits per heavy atom. The SMILES string of the molecule is O=C(Nc1ccc2[nH]c(=O)[nH]c2c1)c1sc2cc(Cl)ccc2c1Cl. The standard InChI is InChI=1S/C16H9Cl2N3O2S/c17-7-1-3-9-12(5-7)24-14(13(9)18)15(22)19-8-2-4-10-11(6-8)21-16(23)20-10/h1-6H,(H,19,22)(H2,20,21,23). The second-order valence-corrected chi connectivity index (χ2v) is 7.05. The van der Waals surface area contributed by atoms with Crippen molar-refractivity contribution < 1.29 is 4.79 Å². The molecule has 24 heavy (non-hydrogen) atoms. The van der Waals surface area contributed by atoms with Crippen LogP contribution in [0.15, 0.2) is 41.2 Å². The maximum Gasteiger partial charge on any atom is 0.323 e. The Morgan fingerprint density at radius 2 is 1.83 bits per heavy atom. The van der Waals surface area contributed by atoms with Crippen molar-refractivity contribution in [3.63, 3.8) is 0 Å². The molecule has 2 heterocycles. The van der Waals surface area contributed by atoms with Crippen LogP contribution in [0.3, 0.4) is 0 Å². The van der Waals surface area contributed by atoms with E-state index in [1.54, 1.807) is 36.4 Å². The molecule has 2 aromatic carbocycles. The highest BCUT2D eigenvalue weighted by molar-refractivity contribution is 7.21. The third-order valence-corrected chi connectivity index (χ3v) is 5.46. The van der Waals surface area contributed by atoms with E-state index in [9.17, 15) is 9.59 Å². The molecular weight excluding hydrogens is 369 g/mol. The number of nitrogens with one attached hydrogen (secondary N) is 3. The van der Waals surface area contributed by atoms with Gasteiger partial charge in [0.05, 0.1) is 16.1 Å². The lowest BCUT2D eigenvalue weighted by molar-refractivity contribution is 0.103. The summed E-state index contributed by atoms with van der Waals surface area (Å²) in [7, 11) is 0. The lowest BCUT2D eigenvalue weighted by atomic mass is 10.2. The molecule has 3 N–H and O–H groups in total. The summed E-state index contributed by atoms with van der Waals surface area (Å²) in [6.45, 7) is 0. The third-order valence-electron chi connectivity index (χ3n) is 3.57. The van der Waals surface area contributed by atoms with Gasteiger partial charge >= 0.3 is 5.69 Å². The minimum Gasteiger partial charge on any atom is -0.321 e. The van der Waals surface area contributed by atoms with Gasteiger partial charge < -0.3 is 15.3 Å². The fourth-order valence-electron chi connectivity index (χ4n) is 2.48. The van der Waals surface area contributed by atoms with Gasteiger partial charge in [-0.3, -0.25) is 4.79 Å². The lowest BCUT2D eigenvalue weighted by Crippen LogP contribution is -2.10. The number of aromatic amines is 2. The number of hydrogen-bond acceptors (Lipinski definition) is 3. The molecule has 2 aromatic heterocycles. The number of amides is 1. The van der Waals surface area contributed by atoms with Gasteiger partial charge in [-0.1, -0.05) is 29.3 Å². The minimum atomic E-state index is -0.311. The van der Waals surface area contributed by atoms with Gasteiger partial charge in [0, 0.05) is 20.8 Å². The van der Waals surface area contributed by atoms with Crippen molar-refractivity contribution in [1.29, 1.82) is 0 Å². The number of imidazole rings is 1. The Balaban J connectivity index is 1.70. The van der Waals surface area contributed by atoms with E-state index in [2.05, 4.69) is 15.3 Å². The quantitative estimate of drug-likeness (QED) is 0.476. The fraction of sp³-hybridized carbons (Fsp3) is 0. The van der Waals surface area contributed by atoms with Crippen LogP contribution in [0.4, 0.5) is 5.69 Å². The largest absolute Gasteiger partial charge is 0.323 e. The average Bonchev–Trinajstić information content (AvgIpc) is 3.06. The van der Waals surface area contributed by atoms with Gasteiger partial charge in [-0.2, -0.15) is 0 Å². The van der Waals surface area contributed by atoms with Gasteiger partial charge in [-0.25, -0.2) is 4.79 Å². The van der Waals surface area contributed by atoms with E-state index in [4.69, 9.17) is 23.2 Å². The monoisotopic (exact) mass is 377 g/mol.